The van der Waals surface area contributed by atoms with Crippen LogP contribution in [0.25, 0.3) is 0 Å². The molecule has 0 aromatic heterocycles. The number of aliphatic hydroxyl groups is 1. The molecule has 0 radical (unpaired) electrons. The van der Waals surface area contributed by atoms with Crippen LogP contribution < -0.4 is 4.74 Å². The van der Waals surface area contributed by atoms with Gasteiger partial charge in [-0.15, -0.1) is 0 Å². The van der Waals surface area contributed by atoms with Gasteiger partial charge in [-0.25, -0.2) is 0 Å². The molecule has 2 rings (SSSR count). The van der Waals surface area contributed by atoms with E-state index in [1.807, 2.05) is 24.3 Å². The van der Waals surface area contributed by atoms with Crippen molar-refractivity contribution in [2.45, 2.75) is 12.5 Å². The molecule has 0 aliphatic carbocycles. The maximum absolute atomic E-state index is 10.2. The van der Waals surface area contributed by atoms with E-state index in [9.17, 15) is 5.11 Å². The highest BCUT2D eigenvalue weighted by atomic mass is 16.5. The maximum atomic E-state index is 10.2. The Kier molecular flexibility index (Phi) is 4.17. The minimum absolute atomic E-state index is 0.482. The lowest BCUT2D eigenvalue weighted by molar-refractivity contribution is 0.177. The van der Waals surface area contributed by atoms with Crippen LogP contribution in [-0.2, 0) is 6.42 Å². The molecule has 0 aliphatic heterocycles. The van der Waals surface area contributed by atoms with Crippen LogP contribution in [-0.4, -0.2) is 12.2 Å². The fraction of sp³-hybridized carbons (Fsp3) is 0.188. The lowest BCUT2D eigenvalue weighted by atomic mass is 10.00. The first-order chi connectivity index (χ1) is 9.24. The van der Waals surface area contributed by atoms with Crippen molar-refractivity contribution < 1.29 is 9.84 Å². The van der Waals surface area contributed by atoms with E-state index in [0.717, 1.165) is 16.9 Å². The number of ether oxygens (including phenoxy) is 1. The molecule has 0 bridgehead atoms. The molecule has 0 fully saturated rings. The summed E-state index contributed by atoms with van der Waals surface area (Å²) in [6.45, 7) is 0. The number of aliphatic hydroxyl groups excluding tert-OH is 1. The van der Waals surface area contributed by atoms with Crippen molar-refractivity contribution in [3.63, 3.8) is 0 Å². The minimum Gasteiger partial charge on any atom is -0.496 e. The smallest absolute Gasteiger partial charge is 0.122 e. The topological polar surface area (TPSA) is 53.2 Å². The van der Waals surface area contributed by atoms with Gasteiger partial charge in [0, 0.05) is 6.42 Å². The second kappa shape index (κ2) is 6.03. The summed E-state index contributed by atoms with van der Waals surface area (Å²) in [4.78, 5) is 0. The monoisotopic (exact) mass is 253 g/mol. The van der Waals surface area contributed by atoms with Gasteiger partial charge in [0.15, 0.2) is 0 Å². The summed E-state index contributed by atoms with van der Waals surface area (Å²) in [6, 6.07) is 16.7. The Bertz CT molecular complexity index is 584. The van der Waals surface area contributed by atoms with Crippen LogP contribution in [0.4, 0.5) is 0 Å². The minimum atomic E-state index is -0.607. The number of rotatable bonds is 4. The predicted octanol–water partition coefficient (Wildman–Crippen LogP) is 2.84. The zero-order chi connectivity index (χ0) is 13.7. The Labute approximate surface area is 112 Å². The average Bonchev–Trinajstić information content (AvgIpc) is 2.48. The molecule has 96 valence electrons. The molecule has 2 aromatic carbocycles. The molecule has 1 unspecified atom stereocenters. The van der Waals surface area contributed by atoms with Gasteiger partial charge in [-0.05, 0) is 29.3 Å². The van der Waals surface area contributed by atoms with E-state index in [1.54, 1.807) is 31.4 Å². The summed E-state index contributed by atoms with van der Waals surface area (Å²) in [5, 5.41) is 19.0. The first kappa shape index (κ1) is 13.1. The molecule has 0 spiro atoms. The predicted molar refractivity (Wildman–Crippen MR) is 72.8 cm³/mol. The molecule has 0 amide bonds. The summed E-state index contributed by atoms with van der Waals surface area (Å²) in [7, 11) is 1.62. The van der Waals surface area contributed by atoms with E-state index in [-0.39, 0.29) is 0 Å². The van der Waals surface area contributed by atoms with Gasteiger partial charge < -0.3 is 9.84 Å². The molecule has 3 heteroatoms. The average molecular weight is 253 g/mol. The molecule has 19 heavy (non-hydrogen) atoms. The van der Waals surface area contributed by atoms with Crippen molar-refractivity contribution in [2.24, 2.45) is 0 Å². The first-order valence-electron chi connectivity index (χ1n) is 6.04. The Morgan fingerprint density at radius 2 is 1.84 bits per heavy atom. The van der Waals surface area contributed by atoms with Gasteiger partial charge in [0.05, 0.1) is 24.8 Å². The second-order valence-electron chi connectivity index (χ2n) is 4.27. The van der Waals surface area contributed by atoms with Gasteiger partial charge in [0.25, 0.3) is 0 Å². The van der Waals surface area contributed by atoms with E-state index < -0.39 is 6.10 Å². The van der Waals surface area contributed by atoms with Gasteiger partial charge in [0.1, 0.15) is 5.75 Å². The van der Waals surface area contributed by atoms with Gasteiger partial charge in [-0.3, -0.25) is 0 Å². The summed E-state index contributed by atoms with van der Waals surface area (Å²) in [6.07, 6.45) is -0.125. The number of nitrogens with zero attached hydrogens (tertiary/aromatic N) is 1. The van der Waals surface area contributed by atoms with Gasteiger partial charge in [-0.1, -0.05) is 30.3 Å². The Balaban J connectivity index is 2.16. The van der Waals surface area contributed by atoms with Crippen LogP contribution in [0.1, 0.15) is 22.8 Å². The number of para-hydroxylation sites is 1. The van der Waals surface area contributed by atoms with Gasteiger partial charge >= 0.3 is 0 Å². The van der Waals surface area contributed by atoms with E-state index in [1.165, 1.54) is 0 Å². The molecule has 3 nitrogen and oxygen atoms in total. The van der Waals surface area contributed by atoms with Crippen LogP contribution in [0.15, 0.2) is 48.5 Å². The highest BCUT2D eigenvalue weighted by Crippen LogP contribution is 2.24. The molecule has 0 saturated carbocycles. The molecule has 0 aliphatic rings. The Morgan fingerprint density at radius 3 is 2.47 bits per heavy atom. The maximum Gasteiger partial charge on any atom is 0.122 e. The molecule has 0 saturated heterocycles. The summed E-state index contributed by atoms with van der Waals surface area (Å²) < 4.78 is 5.26. The van der Waals surface area contributed by atoms with E-state index in [2.05, 4.69) is 6.07 Å². The summed E-state index contributed by atoms with van der Waals surface area (Å²) in [5.74, 6) is 0.773. The third-order valence-corrected chi connectivity index (χ3v) is 3.03. The van der Waals surface area contributed by atoms with Crippen LogP contribution in [0.5, 0.6) is 5.75 Å². The number of hydrogen-bond donors (Lipinski definition) is 1. The summed E-state index contributed by atoms with van der Waals surface area (Å²) >= 11 is 0. The summed E-state index contributed by atoms with van der Waals surface area (Å²) in [5.41, 5.74) is 2.35. The first-order valence-corrected chi connectivity index (χ1v) is 6.04. The van der Waals surface area contributed by atoms with Crippen molar-refractivity contribution in [1.82, 2.24) is 0 Å². The van der Waals surface area contributed by atoms with Crippen LogP contribution in [0, 0.1) is 11.3 Å². The van der Waals surface area contributed by atoms with Crippen molar-refractivity contribution in [1.29, 1.82) is 5.26 Å². The second-order valence-corrected chi connectivity index (χ2v) is 4.27. The van der Waals surface area contributed by atoms with Crippen LogP contribution in [0.3, 0.4) is 0 Å². The zero-order valence-corrected chi connectivity index (χ0v) is 10.7. The van der Waals surface area contributed by atoms with E-state index >= 15 is 0 Å². The lowest BCUT2D eigenvalue weighted by Gasteiger charge is -2.13. The molecule has 1 N–H and O–H groups in total. The highest BCUT2D eigenvalue weighted by Gasteiger charge is 2.11. The zero-order valence-electron chi connectivity index (χ0n) is 10.7. The van der Waals surface area contributed by atoms with E-state index in [0.29, 0.717) is 12.0 Å². The van der Waals surface area contributed by atoms with Crippen LogP contribution in [0.2, 0.25) is 0 Å². The highest BCUT2D eigenvalue weighted by molar-refractivity contribution is 5.36. The standard InChI is InChI=1S/C16H15NO2/c1-19-16-5-3-2-4-14(16)10-15(18)13-8-6-12(11-17)7-9-13/h2-9,15,18H,10H2,1H3. The van der Waals surface area contributed by atoms with Gasteiger partial charge in [-0.2, -0.15) is 5.26 Å². The fourth-order valence-corrected chi connectivity index (χ4v) is 1.98. The lowest BCUT2D eigenvalue weighted by Crippen LogP contribution is -2.03. The molecular formula is C16H15NO2. The van der Waals surface area contributed by atoms with E-state index in [4.69, 9.17) is 10.00 Å². The number of benzene rings is 2. The molecule has 1 atom stereocenters. The van der Waals surface area contributed by atoms with Gasteiger partial charge in [0.2, 0.25) is 0 Å². The van der Waals surface area contributed by atoms with Crippen molar-refractivity contribution in [3.8, 4) is 11.8 Å². The fourth-order valence-electron chi connectivity index (χ4n) is 1.98. The third kappa shape index (κ3) is 3.12. The number of methoxy groups -OCH3 is 1. The SMILES string of the molecule is COc1ccccc1CC(O)c1ccc(C#N)cc1. The quantitative estimate of drug-likeness (QED) is 0.911. The van der Waals surface area contributed by atoms with Crippen molar-refractivity contribution in [3.05, 3.63) is 65.2 Å². The van der Waals surface area contributed by atoms with Crippen LogP contribution >= 0.6 is 0 Å². The van der Waals surface area contributed by atoms with Crippen molar-refractivity contribution >= 4 is 0 Å². The largest absolute Gasteiger partial charge is 0.496 e. The normalized spacial score (nSPS) is 11.6. The number of nitriles is 1. The number of hydrogen-bond acceptors (Lipinski definition) is 3. The Morgan fingerprint density at radius 1 is 1.16 bits per heavy atom. The molecule has 0 heterocycles. The Hall–Kier alpha value is -2.31. The molecular weight excluding hydrogens is 238 g/mol. The molecule has 2 aromatic rings. The van der Waals surface area contributed by atoms with Crippen molar-refractivity contribution in [2.75, 3.05) is 7.11 Å². The third-order valence-electron chi connectivity index (χ3n) is 3.03.